The first kappa shape index (κ1) is 17.9. The van der Waals surface area contributed by atoms with Gasteiger partial charge in [-0.1, -0.05) is 40.0 Å². The first-order valence-electron chi connectivity index (χ1n) is 8.05. The van der Waals surface area contributed by atoms with Crippen LogP contribution in [0.25, 0.3) is 0 Å². The quantitative estimate of drug-likeness (QED) is 0.494. The summed E-state index contributed by atoms with van der Waals surface area (Å²) in [4.78, 5) is 0. The number of hydrogen-bond acceptors (Lipinski definition) is 2. The maximum absolute atomic E-state index is 5.81. The van der Waals surface area contributed by atoms with Crippen molar-refractivity contribution < 1.29 is 4.74 Å². The molecule has 0 saturated carbocycles. The lowest BCUT2D eigenvalue weighted by atomic mass is 10.0. The summed E-state index contributed by atoms with van der Waals surface area (Å²) in [5.74, 6) is 0.778. The van der Waals surface area contributed by atoms with Gasteiger partial charge in [-0.3, -0.25) is 0 Å². The number of nitrogens with one attached hydrogen (secondary N) is 1. The lowest BCUT2D eigenvalue weighted by Crippen LogP contribution is -2.26. The van der Waals surface area contributed by atoms with Gasteiger partial charge in [0.15, 0.2) is 0 Å². The van der Waals surface area contributed by atoms with Crippen molar-refractivity contribution in [2.75, 3.05) is 19.8 Å². The van der Waals surface area contributed by atoms with Crippen molar-refractivity contribution in [3.63, 3.8) is 0 Å². The minimum absolute atomic E-state index is 0.635. The lowest BCUT2D eigenvalue weighted by molar-refractivity contribution is 0.0899. The largest absolute Gasteiger partial charge is 0.381 e. The summed E-state index contributed by atoms with van der Waals surface area (Å²) in [6.07, 6.45) is 8.87. The molecule has 2 heteroatoms. The molecule has 0 aromatic carbocycles. The Hall–Kier alpha value is -0.0800. The van der Waals surface area contributed by atoms with Crippen LogP contribution in [0.1, 0.15) is 72.6 Å². The molecule has 0 aromatic rings. The van der Waals surface area contributed by atoms with Crippen molar-refractivity contribution >= 4 is 0 Å². The van der Waals surface area contributed by atoms with Crippen LogP contribution in [0.15, 0.2) is 0 Å². The number of ether oxygens (including phenoxy) is 1. The van der Waals surface area contributed by atoms with Gasteiger partial charge in [0.2, 0.25) is 0 Å². The molecular weight excluding hydrogens is 222 g/mol. The molecule has 0 fully saturated rings. The maximum Gasteiger partial charge on any atom is 0.0494 e. The molecule has 0 aromatic heterocycles. The standard InChI is InChI=1S/C16H35NO/c1-5-8-11-16(7-3)14-18-13-9-10-15(4)17-12-6-2/h15-17H,5-14H2,1-4H3. The Morgan fingerprint density at radius 1 is 1.00 bits per heavy atom. The van der Waals surface area contributed by atoms with E-state index in [0.29, 0.717) is 6.04 Å². The molecule has 110 valence electrons. The van der Waals surface area contributed by atoms with Gasteiger partial charge >= 0.3 is 0 Å². The normalized spacial score (nSPS) is 14.7. The highest BCUT2D eigenvalue weighted by molar-refractivity contribution is 4.60. The van der Waals surface area contributed by atoms with Crippen LogP contribution >= 0.6 is 0 Å². The molecule has 0 rings (SSSR count). The van der Waals surface area contributed by atoms with Gasteiger partial charge in [-0.2, -0.15) is 0 Å². The molecule has 0 aliphatic heterocycles. The Kier molecular flexibility index (Phi) is 13.3. The van der Waals surface area contributed by atoms with E-state index in [-0.39, 0.29) is 0 Å². The van der Waals surface area contributed by atoms with Crippen LogP contribution in [0.5, 0.6) is 0 Å². The Bertz CT molecular complexity index is 161. The van der Waals surface area contributed by atoms with Gasteiger partial charge < -0.3 is 10.1 Å². The van der Waals surface area contributed by atoms with Gasteiger partial charge in [0.05, 0.1) is 0 Å². The van der Waals surface area contributed by atoms with Gasteiger partial charge in [0, 0.05) is 19.3 Å². The van der Waals surface area contributed by atoms with Crippen molar-refractivity contribution in [2.45, 2.75) is 78.7 Å². The van der Waals surface area contributed by atoms with Crippen LogP contribution in [0.4, 0.5) is 0 Å². The zero-order valence-corrected chi connectivity index (χ0v) is 13.1. The van der Waals surface area contributed by atoms with Crippen molar-refractivity contribution in [1.82, 2.24) is 5.32 Å². The second-order valence-electron chi connectivity index (χ2n) is 5.49. The van der Waals surface area contributed by atoms with Gasteiger partial charge in [0.1, 0.15) is 0 Å². The Balaban J connectivity index is 3.36. The van der Waals surface area contributed by atoms with E-state index in [4.69, 9.17) is 4.74 Å². The lowest BCUT2D eigenvalue weighted by Gasteiger charge is -2.16. The molecule has 0 bridgehead atoms. The Morgan fingerprint density at radius 3 is 2.39 bits per heavy atom. The molecule has 0 spiro atoms. The molecular formula is C16H35NO. The van der Waals surface area contributed by atoms with Crippen molar-refractivity contribution in [3.05, 3.63) is 0 Å². The summed E-state index contributed by atoms with van der Waals surface area (Å²) in [7, 11) is 0. The summed E-state index contributed by atoms with van der Waals surface area (Å²) in [6.45, 7) is 12.1. The van der Waals surface area contributed by atoms with E-state index in [1.54, 1.807) is 0 Å². The Morgan fingerprint density at radius 2 is 1.78 bits per heavy atom. The van der Waals surface area contributed by atoms with Crippen LogP contribution in [-0.2, 0) is 4.74 Å². The fraction of sp³-hybridized carbons (Fsp3) is 1.00. The van der Waals surface area contributed by atoms with E-state index < -0.39 is 0 Å². The van der Waals surface area contributed by atoms with E-state index in [9.17, 15) is 0 Å². The summed E-state index contributed by atoms with van der Waals surface area (Å²) < 4.78 is 5.81. The topological polar surface area (TPSA) is 21.3 Å². The molecule has 1 N–H and O–H groups in total. The second-order valence-corrected chi connectivity index (χ2v) is 5.49. The molecule has 18 heavy (non-hydrogen) atoms. The van der Waals surface area contributed by atoms with Crippen molar-refractivity contribution in [3.8, 4) is 0 Å². The molecule has 0 saturated heterocycles. The molecule has 0 aliphatic carbocycles. The van der Waals surface area contributed by atoms with Gasteiger partial charge in [-0.25, -0.2) is 0 Å². The van der Waals surface area contributed by atoms with E-state index in [1.165, 1.54) is 44.9 Å². The third-order valence-electron chi connectivity index (χ3n) is 3.57. The average molecular weight is 257 g/mol. The predicted molar refractivity (Wildman–Crippen MR) is 81.1 cm³/mol. The monoisotopic (exact) mass is 257 g/mol. The zero-order valence-electron chi connectivity index (χ0n) is 13.1. The van der Waals surface area contributed by atoms with Crippen LogP contribution < -0.4 is 5.32 Å². The minimum Gasteiger partial charge on any atom is -0.381 e. The molecule has 0 radical (unpaired) electrons. The number of rotatable bonds is 13. The van der Waals surface area contributed by atoms with Crippen LogP contribution in [0, 0.1) is 5.92 Å². The Labute approximate surface area is 115 Å². The predicted octanol–water partition coefficient (Wildman–Crippen LogP) is 4.39. The van der Waals surface area contributed by atoms with Gasteiger partial charge in [-0.15, -0.1) is 0 Å². The average Bonchev–Trinajstić information content (AvgIpc) is 2.39. The molecule has 0 amide bonds. The number of unbranched alkanes of at least 4 members (excludes halogenated alkanes) is 1. The molecule has 2 unspecified atom stereocenters. The highest BCUT2D eigenvalue weighted by Gasteiger charge is 2.06. The van der Waals surface area contributed by atoms with Crippen LogP contribution in [0.2, 0.25) is 0 Å². The van der Waals surface area contributed by atoms with Crippen LogP contribution in [0.3, 0.4) is 0 Å². The van der Waals surface area contributed by atoms with Crippen molar-refractivity contribution in [2.24, 2.45) is 5.92 Å². The summed E-state index contributed by atoms with van der Waals surface area (Å²) in [5.41, 5.74) is 0. The number of hydrogen-bond donors (Lipinski definition) is 1. The second kappa shape index (κ2) is 13.4. The smallest absolute Gasteiger partial charge is 0.0494 e. The first-order chi connectivity index (χ1) is 8.74. The van der Waals surface area contributed by atoms with E-state index in [1.807, 2.05) is 0 Å². The third kappa shape index (κ3) is 11.0. The molecule has 2 atom stereocenters. The van der Waals surface area contributed by atoms with Crippen LogP contribution in [-0.4, -0.2) is 25.8 Å². The fourth-order valence-corrected chi connectivity index (χ4v) is 2.13. The summed E-state index contributed by atoms with van der Waals surface area (Å²) in [5, 5.41) is 3.52. The van der Waals surface area contributed by atoms with Gasteiger partial charge in [0.25, 0.3) is 0 Å². The first-order valence-corrected chi connectivity index (χ1v) is 8.05. The van der Waals surface area contributed by atoms with E-state index >= 15 is 0 Å². The highest BCUT2D eigenvalue weighted by atomic mass is 16.5. The third-order valence-corrected chi connectivity index (χ3v) is 3.57. The summed E-state index contributed by atoms with van der Waals surface area (Å²) in [6, 6.07) is 0.635. The highest BCUT2D eigenvalue weighted by Crippen LogP contribution is 2.13. The minimum atomic E-state index is 0.635. The molecule has 0 heterocycles. The molecule has 2 nitrogen and oxygen atoms in total. The van der Waals surface area contributed by atoms with Crippen molar-refractivity contribution in [1.29, 1.82) is 0 Å². The summed E-state index contributed by atoms with van der Waals surface area (Å²) >= 11 is 0. The van der Waals surface area contributed by atoms with E-state index in [0.717, 1.165) is 25.7 Å². The SMILES string of the molecule is CCCCC(CC)COCCCC(C)NCCC. The van der Waals surface area contributed by atoms with E-state index in [2.05, 4.69) is 33.0 Å². The fourth-order valence-electron chi connectivity index (χ4n) is 2.13. The van der Waals surface area contributed by atoms with Gasteiger partial charge in [-0.05, 0) is 45.1 Å². The maximum atomic E-state index is 5.81. The zero-order chi connectivity index (χ0) is 13.6. The molecule has 0 aliphatic rings.